The van der Waals surface area contributed by atoms with E-state index < -0.39 is 0 Å². The number of halogens is 1. The maximum atomic E-state index is 13.1. The molecule has 1 aliphatic rings. The monoisotopic (exact) mass is 515 g/mol. The fraction of sp³-hybridized carbons (Fsp3) is 0.300. The molecule has 3 N–H and O–H groups in total. The summed E-state index contributed by atoms with van der Waals surface area (Å²) < 4.78 is 0. The smallest absolute Gasteiger partial charge is 0.234 e. The van der Waals surface area contributed by atoms with Gasteiger partial charge in [-0.15, -0.1) is 0 Å². The van der Waals surface area contributed by atoms with Crippen molar-refractivity contribution < 1.29 is 4.79 Å². The van der Waals surface area contributed by atoms with Gasteiger partial charge in [-0.1, -0.05) is 66.2 Å². The summed E-state index contributed by atoms with van der Waals surface area (Å²) in [5.41, 5.74) is 4.62. The maximum absolute atomic E-state index is 13.1. The first-order valence-electron chi connectivity index (χ1n) is 13.0. The number of rotatable bonds is 10. The number of hydrogen-bond acceptors (Lipinski definition) is 4. The molecule has 5 rings (SSSR count). The summed E-state index contributed by atoms with van der Waals surface area (Å²) in [5.74, 6) is 0.0672. The SMILES string of the molecule is O=C(CN1CCN(c2ccccc2)CC1)NC(CNCc1ccccc1Cl)Cc1c[nH]c2ccccc12. The Hall–Kier alpha value is -3.32. The van der Waals surface area contributed by atoms with Crippen LogP contribution in [0.15, 0.2) is 85.1 Å². The quantitative estimate of drug-likeness (QED) is 0.292. The lowest BCUT2D eigenvalue weighted by atomic mass is 10.0. The van der Waals surface area contributed by atoms with Gasteiger partial charge in [-0.3, -0.25) is 9.69 Å². The van der Waals surface area contributed by atoms with Crippen LogP contribution in [0, 0.1) is 0 Å². The number of carbonyl (C=O) groups excluding carboxylic acids is 1. The van der Waals surface area contributed by atoms with Crippen LogP contribution < -0.4 is 15.5 Å². The fourth-order valence-electron chi connectivity index (χ4n) is 5.04. The van der Waals surface area contributed by atoms with E-state index in [1.165, 1.54) is 16.6 Å². The van der Waals surface area contributed by atoms with Crippen molar-refractivity contribution >= 4 is 34.1 Å². The Morgan fingerprint density at radius 2 is 1.62 bits per heavy atom. The fourth-order valence-corrected chi connectivity index (χ4v) is 5.24. The summed E-state index contributed by atoms with van der Waals surface area (Å²) in [6, 6.07) is 26.6. The standard InChI is InChI=1S/C30H34ClN5O/c31-28-12-6-4-8-23(28)19-32-21-25(18-24-20-33-29-13-7-5-11-27(24)29)34-30(37)22-35-14-16-36(17-15-35)26-9-2-1-3-10-26/h1-13,20,25,32-33H,14-19,21-22H2,(H,34,37). The summed E-state index contributed by atoms with van der Waals surface area (Å²) in [4.78, 5) is 21.1. The van der Waals surface area contributed by atoms with Crippen molar-refractivity contribution in [2.45, 2.75) is 19.0 Å². The predicted molar refractivity (Wildman–Crippen MR) is 152 cm³/mol. The van der Waals surface area contributed by atoms with E-state index in [0.717, 1.165) is 48.7 Å². The van der Waals surface area contributed by atoms with Gasteiger partial charge < -0.3 is 20.5 Å². The van der Waals surface area contributed by atoms with Crippen LogP contribution in [0.3, 0.4) is 0 Å². The number of piperazine rings is 1. The number of H-pyrrole nitrogens is 1. The van der Waals surface area contributed by atoms with Gasteiger partial charge in [-0.2, -0.15) is 0 Å². The van der Waals surface area contributed by atoms with E-state index in [2.05, 4.69) is 74.1 Å². The van der Waals surface area contributed by atoms with Crippen LogP contribution in [0.2, 0.25) is 5.02 Å². The number of anilines is 1. The second-order valence-electron chi connectivity index (χ2n) is 9.65. The van der Waals surface area contributed by atoms with Crippen molar-refractivity contribution in [3.63, 3.8) is 0 Å². The summed E-state index contributed by atoms with van der Waals surface area (Å²) in [7, 11) is 0. The number of aromatic amines is 1. The summed E-state index contributed by atoms with van der Waals surface area (Å²) >= 11 is 6.34. The number of para-hydroxylation sites is 2. The Morgan fingerprint density at radius 1 is 0.892 bits per heavy atom. The highest BCUT2D eigenvalue weighted by Crippen LogP contribution is 2.20. The molecular formula is C30H34ClN5O. The molecule has 7 heteroatoms. The lowest BCUT2D eigenvalue weighted by Crippen LogP contribution is -2.52. The molecule has 3 aromatic carbocycles. The van der Waals surface area contributed by atoms with E-state index in [1.54, 1.807) is 0 Å². The number of nitrogens with one attached hydrogen (secondary N) is 3. The van der Waals surface area contributed by atoms with Gasteiger partial charge in [0, 0.05) is 73.1 Å². The van der Waals surface area contributed by atoms with Gasteiger partial charge in [0.2, 0.25) is 5.91 Å². The minimum atomic E-state index is -0.0419. The molecule has 1 atom stereocenters. The molecule has 1 aromatic heterocycles. The van der Waals surface area contributed by atoms with E-state index in [9.17, 15) is 4.79 Å². The summed E-state index contributed by atoms with van der Waals surface area (Å²) in [6.45, 7) is 5.32. The van der Waals surface area contributed by atoms with Crippen molar-refractivity contribution in [3.05, 3.63) is 101 Å². The average Bonchev–Trinajstić information content (AvgIpc) is 3.33. The van der Waals surface area contributed by atoms with Gasteiger partial charge in [0.25, 0.3) is 0 Å². The number of benzene rings is 3. The zero-order valence-corrected chi connectivity index (χ0v) is 21.8. The average molecular weight is 516 g/mol. The number of fused-ring (bicyclic) bond motifs is 1. The maximum Gasteiger partial charge on any atom is 0.234 e. The molecule has 1 aliphatic heterocycles. The van der Waals surface area contributed by atoms with Crippen LogP contribution in [-0.4, -0.2) is 61.1 Å². The molecule has 4 aromatic rings. The van der Waals surface area contributed by atoms with Crippen LogP contribution in [0.5, 0.6) is 0 Å². The van der Waals surface area contributed by atoms with E-state index in [1.807, 2.05) is 36.4 Å². The first kappa shape index (κ1) is 25.3. The largest absolute Gasteiger partial charge is 0.369 e. The Morgan fingerprint density at radius 3 is 2.43 bits per heavy atom. The number of amides is 1. The topological polar surface area (TPSA) is 63.4 Å². The molecule has 192 valence electrons. The Labute approximate surface area is 223 Å². The third-order valence-corrected chi connectivity index (χ3v) is 7.40. The third kappa shape index (κ3) is 6.72. The Kier molecular flexibility index (Phi) is 8.41. The zero-order valence-electron chi connectivity index (χ0n) is 21.0. The summed E-state index contributed by atoms with van der Waals surface area (Å²) in [6.07, 6.45) is 2.80. The third-order valence-electron chi connectivity index (χ3n) is 7.03. The first-order valence-corrected chi connectivity index (χ1v) is 13.3. The molecule has 0 bridgehead atoms. The highest BCUT2D eigenvalue weighted by Gasteiger charge is 2.21. The van der Waals surface area contributed by atoms with Gasteiger partial charge in [0.1, 0.15) is 0 Å². The van der Waals surface area contributed by atoms with E-state index in [0.29, 0.717) is 19.6 Å². The molecule has 0 radical (unpaired) electrons. The summed E-state index contributed by atoms with van der Waals surface area (Å²) in [5, 5.41) is 8.76. The minimum Gasteiger partial charge on any atom is -0.369 e. The highest BCUT2D eigenvalue weighted by molar-refractivity contribution is 6.31. The first-order chi connectivity index (χ1) is 18.2. The van der Waals surface area contributed by atoms with Crippen LogP contribution >= 0.6 is 11.6 Å². The highest BCUT2D eigenvalue weighted by atomic mass is 35.5. The van der Waals surface area contributed by atoms with Crippen molar-refractivity contribution in [3.8, 4) is 0 Å². The Bertz CT molecular complexity index is 1300. The van der Waals surface area contributed by atoms with Crippen molar-refractivity contribution in [1.82, 2.24) is 20.5 Å². The number of aromatic nitrogens is 1. The molecule has 37 heavy (non-hydrogen) atoms. The molecule has 1 amide bonds. The molecule has 1 fully saturated rings. The van der Waals surface area contributed by atoms with Crippen LogP contribution in [-0.2, 0) is 17.8 Å². The molecule has 1 unspecified atom stereocenters. The number of carbonyl (C=O) groups is 1. The zero-order chi connectivity index (χ0) is 25.5. The number of hydrogen-bond donors (Lipinski definition) is 3. The Balaban J connectivity index is 1.19. The second-order valence-corrected chi connectivity index (χ2v) is 10.1. The molecule has 0 saturated carbocycles. The molecule has 1 saturated heterocycles. The predicted octanol–water partition coefficient (Wildman–Crippen LogP) is 4.46. The van der Waals surface area contributed by atoms with E-state index in [4.69, 9.17) is 11.6 Å². The van der Waals surface area contributed by atoms with Crippen LogP contribution in [0.1, 0.15) is 11.1 Å². The molecular weight excluding hydrogens is 482 g/mol. The van der Waals surface area contributed by atoms with Crippen molar-refractivity contribution in [2.75, 3.05) is 44.2 Å². The van der Waals surface area contributed by atoms with E-state index in [-0.39, 0.29) is 11.9 Å². The van der Waals surface area contributed by atoms with Gasteiger partial charge in [-0.25, -0.2) is 0 Å². The minimum absolute atomic E-state index is 0.0419. The normalized spacial score (nSPS) is 15.1. The van der Waals surface area contributed by atoms with Gasteiger partial charge in [0.15, 0.2) is 0 Å². The second kappa shape index (κ2) is 12.3. The van der Waals surface area contributed by atoms with E-state index >= 15 is 0 Å². The van der Waals surface area contributed by atoms with Gasteiger partial charge in [-0.05, 0) is 41.8 Å². The lowest BCUT2D eigenvalue weighted by molar-refractivity contribution is -0.123. The van der Waals surface area contributed by atoms with Crippen LogP contribution in [0.4, 0.5) is 5.69 Å². The lowest BCUT2D eigenvalue weighted by Gasteiger charge is -2.36. The van der Waals surface area contributed by atoms with Gasteiger partial charge >= 0.3 is 0 Å². The van der Waals surface area contributed by atoms with Crippen molar-refractivity contribution in [1.29, 1.82) is 0 Å². The number of nitrogens with zero attached hydrogens (tertiary/aromatic N) is 2. The molecule has 6 nitrogen and oxygen atoms in total. The molecule has 0 spiro atoms. The molecule has 2 heterocycles. The van der Waals surface area contributed by atoms with Crippen LogP contribution in [0.25, 0.3) is 10.9 Å². The van der Waals surface area contributed by atoms with Crippen molar-refractivity contribution in [2.24, 2.45) is 0 Å². The molecule has 0 aliphatic carbocycles. The van der Waals surface area contributed by atoms with Gasteiger partial charge in [0.05, 0.1) is 6.54 Å².